The number of nitrogens with zero attached hydrogens (tertiary/aromatic N) is 1. The maximum atomic E-state index is 13.2. The van der Waals surface area contributed by atoms with E-state index in [1.54, 1.807) is 0 Å². The van der Waals surface area contributed by atoms with E-state index < -0.39 is 0 Å². The molecular weight excluding hydrogens is 348 g/mol. The third-order valence-corrected chi connectivity index (χ3v) is 5.02. The monoisotopic (exact) mass is 376 g/mol. The van der Waals surface area contributed by atoms with E-state index in [9.17, 15) is 9.59 Å². The molecule has 0 saturated carbocycles. The summed E-state index contributed by atoms with van der Waals surface area (Å²) in [6.07, 6.45) is 0. The number of carbonyl (C=O) groups excluding carboxylic acids is 2. The summed E-state index contributed by atoms with van der Waals surface area (Å²) >= 11 is 0. The van der Waals surface area contributed by atoms with Crippen molar-refractivity contribution in [1.29, 1.82) is 0 Å². The van der Waals surface area contributed by atoms with Crippen LogP contribution < -0.4 is 5.32 Å². The van der Waals surface area contributed by atoms with Gasteiger partial charge >= 0.3 is 0 Å². The Morgan fingerprint density at radius 1 is 0.857 bits per heavy atom. The van der Waals surface area contributed by atoms with E-state index in [0.717, 1.165) is 33.5 Å². The van der Waals surface area contributed by atoms with E-state index in [-0.39, 0.29) is 17.7 Å². The average molecular weight is 377 g/mol. The molecule has 28 heavy (non-hydrogen) atoms. The Kier molecular flexibility index (Phi) is 5.41. The zero-order valence-electron chi connectivity index (χ0n) is 17.5. The molecule has 146 valence electrons. The first-order valence-corrected chi connectivity index (χ1v) is 9.71. The molecule has 2 amide bonds. The van der Waals surface area contributed by atoms with E-state index in [0.29, 0.717) is 17.8 Å². The first-order chi connectivity index (χ1) is 13.2. The fourth-order valence-corrected chi connectivity index (χ4v) is 3.57. The second kappa shape index (κ2) is 7.63. The number of hydrogen-bond acceptors (Lipinski definition) is 3. The van der Waals surface area contributed by atoms with E-state index in [1.807, 2.05) is 77.9 Å². The van der Waals surface area contributed by atoms with Crippen LogP contribution in [0.25, 0.3) is 5.57 Å². The summed E-state index contributed by atoms with van der Waals surface area (Å²) < 4.78 is 0. The van der Waals surface area contributed by atoms with Crippen LogP contribution in [0.15, 0.2) is 42.1 Å². The van der Waals surface area contributed by atoms with E-state index in [2.05, 4.69) is 5.32 Å². The maximum absolute atomic E-state index is 13.2. The summed E-state index contributed by atoms with van der Waals surface area (Å²) in [6, 6.07) is 12.0. The highest BCUT2D eigenvalue weighted by Crippen LogP contribution is 2.33. The van der Waals surface area contributed by atoms with Crippen LogP contribution >= 0.6 is 0 Å². The Morgan fingerprint density at radius 3 is 2.14 bits per heavy atom. The standard InChI is InChI=1S/C24H28N2O2/c1-14(2)13-26-23(27)21(19-10-8-15(3)11-18(19)6)22(24(26)28)25-20-12-16(4)7-9-17(20)5/h7-12,14,25H,13H2,1-6H3. The van der Waals surface area contributed by atoms with Crippen molar-refractivity contribution in [3.63, 3.8) is 0 Å². The van der Waals surface area contributed by atoms with Crippen molar-refractivity contribution >= 4 is 23.1 Å². The summed E-state index contributed by atoms with van der Waals surface area (Å²) in [5.41, 5.74) is 6.73. The summed E-state index contributed by atoms with van der Waals surface area (Å²) in [6.45, 7) is 12.4. The molecule has 0 fully saturated rings. The van der Waals surface area contributed by atoms with Gasteiger partial charge in [-0.3, -0.25) is 14.5 Å². The smallest absolute Gasteiger partial charge is 0.278 e. The van der Waals surface area contributed by atoms with Gasteiger partial charge in [0.15, 0.2) is 0 Å². The van der Waals surface area contributed by atoms with E-state index in [4.69, 9.17) is 0 Å². The van der Waals surface area contributed by atoms with Crippen molar-refractivity contribution in [1.82, 2.24) is 4.90 Å². The van der Waals surface area contributed by atoms with Crippen molar-refractivity contribution in [2.24, 2.45) is 5.92 Å². The molecule has 3 rings (SSSR count). The van der Waals surface area contributed by atoms with Crippen molar-refractivity contribution in [3.05, 3.63) is 69.9 Å². The largest absolute Gasteiger partial charge is 0.350 e. The lowest BCUT2D eigenvalue weighted by Crippen LogP contribution is -2.35. The molecule has 0 atom stereocenters. The van der Waals surface area contributed by atoms with Crippen molar-refractivity contribution in [2.45, 2.75) is 41.5 Å². The minimum atomic E-state index is -0.255. The number of hydrogen-bond donors (Lipinski definition) is 1. The van der Waals surface area contributed by atoms with Gasteiger partial charge in [-0.15, -0.1) is 0 Å². The summed E-state index contributed by atoms with van der Waals surface area (Å²) in [4.78, 5) is 27.8. The molecule has 1 aliphatic rings. The number of anilines is 1. The molecule has 0 aliphatic carbocycles. The second-order valence-corrected chi connectivity index (χ2v) is 8.13. The third kappa shape index (κ3) is 3.72. The number of nitrogens with one attached hydrogen (secondary N) is 1. The fraction of sp³-hybridized carbons (Fsp3) is 0.333. The summed E-state index contributed by atoms with van der Waals surface area (Å²) in [7, 11) is 0. The molecule has 0 bridgehead atoms. The van der Waals surface area contributed by atoms with Gasteiger partial charge in [0.25, 0.3) is 11.8 Å². The quantitative estimate of drug-likeness (QED) is 0.765. The molecule has 1 heterocycles. The molecule has 4 heteroatoms. The highest BCUT2D eigenvalue weighted by atomic mass is 16.2. The zero-order valence-corrected chi connectivity index (χ0v) is 17.5. The van der Waals surface area contributed by atoms with Gasteiger partial charge in [0, 0.05) is 12.2 Å². The van der Waals surface area contributed by atoms with E-state index in [1.165, 1.54) is 4.90 Å². The molecule has 4 nitrogen and oxygen atoms in total. The molecule has 2 aromatic rings. The lowest BCUT2D eigenvalue weighted by molar-refractivity contribution is -0.137. The van der Waals surface area contributed by atoms with Gasteiger partial charge in [-0.25, -0.2) is 0 Å². The Morgan fingerprint density at radius 2 is 1.50 bits per heavy atom. The third-order valence-electron chi connectivity index (χ3n) is 5.02. The Bertz CT molecular complexity index is 986. The minimum Gasteiger partial charge on any atom is -0.350 e. The lowest BCUT2D eigenvalue weighted by atomic mass is 9.97. The van der Waals surface area contributed by atoms with Gasteiger partial charge < -0.3 is 5.32 Å². The van der Waals surface area contributed by atoms with Crippen molar-refractivity contribution < 1.29 is 9.59 Å². The molecule has 0 unspecified atom stereocenters. The normalized spacial score (nSPS) is 14.5. The zero-order chi connectivity index (χ0) is 20.6. The molecule has 2 aromatic carbocycles. The topological polar surface area (TPSA) is 49.4 Å². The van der Waals surface area contributed by atoms with Crippen LogP contribution in [0.3, 0.4) is 0 Å². The van der Waals surface area contributed by atoms with Crippen molar-refractivity contribution in [2.75, 3.05) is 11.9 Å². The van der Waals surface area contributed by atoms with Gasteiger partial charge in [-0.1, -0.05) is 49.7 Å². The Balaban J connectivity index is 2.15. The van der Waals surface area contributed by atoms with Crippen LogP contribution in [0, 0.1) is 33.6 Å². The molecule has 1 aliphatic heterocycles. The molecule has 0 saturated heterocycles. The van der Waals surface area contributed by atoms with Gasteiger partial charge in [0.05, 0.1) is 5.57 Å². The first-order valence-electron chi connectivity index (χ1n) is 9.71. The number of amides is 2. The van der Waals surface area contributed by atoms with Crippen LogP contribution in [-0.4, -0.2) is 23.3 Å². The number of rotatable bonds is 5. The minimum absolute atomic E-state index is 0.202. The second-order valence-electron chi connectivity index (χ2n) is 8.13. The average Bonchev–Trinajstić information content (AvgIpc) is 2.83. The van der Waals surface area contributed by atoms with E-state index >= 15 is 0 Å². The molecule has 0 spiro atoms. The Hall–Kier alpha value is -2.88. The van der Waals surface area contributed by atoms with Gasteiger partial charge in [0.1, 0.15) is 5.70 Å². The maximum Gasteiger partial charge on any atom is 0.278 e. The van der Waals surface area contributed by atoms with Crippen LogP contribution in [0.5, 0.6) is 0 Å². The fourth-order valence-electron chi connectivity index (χ4n) is 3.57. The molecular formula is C24H28N2O2. The Labute approximate surface area is 167 Å². The number of imide groups is 1. The summed E-state index contributed by atoms with van der Waals surface area (Å²) in [5.74, 6) is -0.277. The van der Waals surface area contributed by atoms with Crippen LogP contribution in [0.4, 0.5) is 5.69 Å². The van der Waals surface area contributed by atoms with Crippen molar-refractivity contribution in [3.8, 4) is 0 Å². The SMILES string of the molecule is Cc1ccc(C2=C(Nc3cc(C)ccc3C)C(=O)N(CC(C)C)C2=O)c(C)c1. The molecule has 0 radical (unpaired) electrons. The highest BCUT2D eigenvalue weighted by Gasteiger charge is 2.39. The van der Waals surface area contributed by atoms with Crippen LogP contribution in [-0.2, 0) is 9.59 Å². The van der Waals surface area contributed by atoms with Gasteiger partial charge in [-0.2, -0.15) is 0 Å². The predicted molar refractivity (Wildman–Crippen MR) is 114 cm³/mol. The molecule has 1 N–H and O–H groups in total. The van der Waals surface area contributed by atoms with Crippen LogP contribution in [0.2, 0.25) is 0 Å². The summed E-state index contributed by atoms with van der Waals surface area (Å²) in [5, 5.41) is 3.29. The van der Waals surface area contributed by atoms with Gasteiger partial charge in [-0.05, 0) is 61.9 Å². The molecule has 0 aromatic heterocycles. The number of benzene rings is 2. The first kappa shape index (κ1) is 19.9. The highest BCUT2D eigenvalue weighted by molar-refractivity contribution is 6.36. The number of aryl methyl sites for hydroxylation is 4. The predicted octanol–water partition coefficient (Wildman–Crippen LogP) is 4.77. The lowest BCUT2D eigenvalue weighted by Gasteiger charge is -2.18. The number of carbonyl (C=O) groups is 2. The van der Waals surface area contributed by atoms with Gasteiger partial charge in [0.2, 0.25) is 0 Å². The van der Waals surface area contributed by atoms with Crippen LogP contribution in [0.1, 0.15) is 41.7 Å².